The average molecular weight is 329 g/mol. The summed E-state index contributed by atoms with van der Waals surface area (Å²) in [6.45, 7) is 13.6. The molecule has 0 aromatic carbocycles. The number of rotatable bonds is 4. The molecule has 2 amide bonds. The summed E-state index contributed by atoms with van der Waals surface area (Å²) in [5, 5.41) is 8.87. The van der Waals surface area contributed by atoms with Crippen LogP contribution in [0, 0.1) is 11.8 Å². The highest BCUT2D eigenvalue weighted by atomic mass is 16.6. The Hall–Kier alpha value is -1.50. The van der Waals surface area contributed by atoms with Gasteiger partial charge in [0.05, 0.1) is 0 Å². The van der Waals surface area contributed by atoms with E-state index in [0.717, 1.165) is 13.1 Å². The number of alkyl carbamates (subject to hydrolysis) is 2. The van der Waals surface area contributed by atoms with Gasteiger partial charge in [-0.3, -0.25) is 0 Å². The van der Waals surface area contributed by atoms with Crippen LogP contribution in [-0.4, -0.2) is 49.6 Å². The van der Waals surface area contributed by atoms with E-state index in [2.05, 4.69) is 16.0 Å². The van der Waals surface area contributed by atoms with Crippen molar-refractivity contribution in [2.24, 2.45) is 11.8 Å². The summed E-state index contributed by atoms with van der Waals surface area (Å²) in [6, 6.07) is 0. The summed E-state index contributed by atoms with van der Waals surface area (Å²) in [5.41, 5.74) is -1.01. The first-order chi connectivity index (χ1) is 10.5. The fraction of sp³-hybridized carbons (Fsp3) is 0.875. The summed E-state index contributed by atoms with van der Waals surface area (Å²) in [5.74, 6) is 0.495. The molecule has 1 fully saturated rings. The zero-order valence-electron chi connectivity index (χ0n) is 15.1. The highest BCUT2D eigenvalue weighted by molar-refractivity contribution is 5.68. The van der Waals surface area contributed by atoms with Gasteiger partial charge in [0, 0.05) is 26.2 Å². The maximum Gasteiger partial charge on any atom is 0.407 e. The second-order valence-electron chi connectivity index (χ2n) is 7.94. The van der Waals surface area contributed by atoms with E-state index in [4.69, 9.17) is 9.47 Å². The van der Waals surface area contributed by atoms with Gasteiger partial charge in [-0.05, 0) is 53.4 Å². The Labute approximate surface area is 138 Å². The van der Waals surface area contributed by atoms with Gasteiger partial charge >= 0.3 is 12.2 Å². The van der Waals surface area contributed by atoms with Crippen LogP contribution in [0.2, 0.25) is 0 Å². The fourth-order valence-electron chi connectivity index (χ4n) is 2.32. The molecule has 0 bridgehead atoms. The Bertz CT molecular complexity index is 375. The largest absolute Gasteiger partial charge is 0.444 e. The molecule has 0 saturated carbocycles. The lowest BCUT2D eigenvalue weighted by molar-refractivity contribution is 0.0491. The molecule has 0 aromatic heterocycles. The van der Waals surface area contributed by atoms with Crippen LogP contribution in [0.1, 0.15) is 41.5 Å². The van der Waals surface area contributed by atoms with Gasteiger partial charge in [-0.1, -0.05) is 0 Å². The molecular formula is C16H31N3O4. The van der Waals surface area contributed by atoms with Crippen LogP contribution in [0.15, 0.2) is 0 Å². The van der Waals surface area contributed by atoms with E-state index in [1.54, 1.807) is 0 Å². The zero-order chi connectivity index (χ0) is 17.7. The van der Waals surface area contributed by atoms with Crippen molar-refractivity contribution in [2.75, 3.05) is 26.2 Å². The number of ether oxygens (including phenoxy) is 2. The molecule has 2 atom stereocenters. The van der Waals surface area contributed by atoms with Crippen LogP contribution in [0.25, 0.3) is 0 Å². The quantitative estimate of drug-likeness (QED) is 0.733. The molecule has 7 nitrogen and oxygen atoms in total. The Balaban J connectivity index is 2.34. The van der Waals surface area contributed by atoms with Crippen molar-refractivity contribution in [2.45, 2.75) is 52.7 Å². The topological polar surface area (TPSA) is 88.7 Å². The minimum atomic E-state index is -0.504. The van der Waals surface area contributed by atoms with Crippen molar-refractivity contribution in [3.63, 3.8) is 0 Å². The summed E-state index contributed by atoms with van der Waals surface area (Å²) in [4.78, 5) is 23.4. The van der Waals surface area contributed by atoms with Gasteiger partial charge in [0.25, 0.3) is 0 Å². The van der Waals surface area contributed by atoms with Crippen LogP contribution < -0.4 is 16.0 Å². The molecule has 1 heterocycles. The smallest absolute Gasteiger partial charge is 0.407 e. The van der Waals surface area contributed by atoms with Gasteiger partial charge in [-0.2, -0.15) is 0 Å². The van der Waals surface area contributed by atoms with E-state index >= 15 is 0 Å². The van der Waals surface area contributed by atoms with E-state index in [-0.39, 0.29) is 11.8 Å². The Morgan fingerprint density at radius 2 is 1.22 bits per heavy atom. The van der Waals surface area contributed by atoms with Crippen LogP contribution in [-0.2, 0) is 9.47 Å². The zero-order valence-corrected chi connectivity index (χ0v) is 15.1. The van der Waals surface area contributed by atoms with E-state index in [0.29, 0.717) is 13.1 Å². The first-order valence-corrected chi connectivity index (χ1v) is 8.11. The maximum atomic E-state index is 11.7. The summed E-state index contributed by atoms with van der Waals surface area (Å²) in [7, 11) is 0. The van der Waals surface area contributed by atoms with E-state index in [1.165, 1.54) is 0 Å². The van der Waals surface area contributed by atoms with E-state index in [1.807, 2.05) is 41.5 Å². The van der Waals surface area contributed by atoms with Crippen molar-refractivity contribution >= 4 is 12.2 Å². The molecule has 0 aliphatic carbocycles. The Morgan fingerprint density at radius 1 is 0.870 bits per heavy atom. The van der Waals surface area contributed by atoms with Gasteiger partial charge in [0.15, 0.2) is 0 Å². The van der Waals surface area contributed by atoms with Crippen LogP contribution >= 0.6 is 0 Å². The predicted molar refractivity (Wildman–Crippen MR) is 88.3 cm³/mol. The van der Waals surface area contributed by atoms with Gasteiger partial charge in [-0.25, -0.2) is 9.59 Å². The van der Waals surface area contributed by atoms with Crippen molar-refractivity contribution in [1.29, 1.82) is 0 Å². The first-order valence-electron chi connectivity index (χ1n) is 8.11. The standard InChI is InChI=1S/C16H31N3O4/c1-15(2,3)22-13(20)18-9-11-7-17-8-12(11)10-19-14(21)23-16(4,5)6/h11-12,17H,7-10H2,1-6H3,(H,18,20)(H,19,21)/t11-,12+. The lowest BCUT2D eigenvalue weighted by atomic mass is 9.96. The van der Waals surface area contributed by atoms with Gasteiger partial charge < -0.3 is 25.4 Å². The van der Waals surface area contributed by atoms with Crippen LogP contribution in [0.5, 0.6) is 0 Å². The molecule has 1 saturated heterocycles. The van der Waals surface area contributed by atoms with Crippen molar-refractivity contribution in [1.82, 2.24) is 16.0 Å². The second-order valence-corrected chi connectivity index (χ2v) is 7.94. The van der Waals surface area contributed by atoms with Crippen molar-refractivity contribution < 1.29 is 19.1 Å². The molecular weight excluding hydrogens is 298 g/mol. The lowest BCUT2D eigenvalue weighted by Crippen LogP contribution is -2.40. The normalized spacial score (nSPS) is 21.7. The Kier molecular flexibility index (Phi) is 6.68. The predicted octanol–water partition coefficient (Wildman–Crippen LogP) is 1.87. The third-order valence-electron chi connectivity index (χ3n) is 3.29. The number of carbonyl (C=O) groups is 2. The highest BCUT2D eigenvalue weighted by Gasteiger charge is 2.29. The number of nitrogens with one attached hydrogen (secondary N) is 3. The van der Waals surface area contributed by atoms with Crippen molar-refractivity contribution in [3.8, 4) is 0 Å². The van der Waals surface area contributed by atoms with Crippen molar-refractivity contribution in [3.05, 3.63) is 0 Å². The monoisotopic (exact) mass is 329 g/mol. The number of hydrogen-bond acceptors (Lipinski definition) is 5. The maximum absolute atomic E-state index is 11.7. The molecule has 1 aliphatic heterocycles. The minimum absolute atomic E-state index is 0.248. The molecule has 3 N–H and O–H groups in total. The second kappa shape index (κ2) is 7.86. The number of hydrogen-bond donors (Lipinski definition) is 3. The number of amides is 2. The highest BCUT2D eigenvalue weighted by Crippen LogP contribution is 2.16. The molecule has 0 aromatic rings. The van der Waals surface area contributed by atoms with Crippen LogP contribution in [0.4, 0.5) is 9.59 Å². The molecule has 7 heteroatoms. The van der Waals surface area contributed by atoms with Gasteiger partial charge in [0.1, 0.15) is 11.2 Å². The Morgan fingerprint density at radius 3 is 1.52 bits per heavy atom. The molecule has 0 unspecified atom stereocenters. The SMILES string of the molecule is CC(C)(C)OC(=O)NC[C@H]1CNC[C@H]1CNC(=O)OC(C)(C)C. The number of carbonyl (C=O) groups excluding carboxylic acids is 2. The molecule has 23 heavy (non-hydrogen) atoms. The minimum Gasteiger partial charge on any atom is -0.444 e. The lowest BCUT2D eigenvalue weighted by Gasteiger charge is -2.24. The fourth-order valence-corrected chi connectivity index (χ4v) is 2.32. The third-order valence-corrected chi connectivity index (χ3v) is 3.29. The first kappa shape index (κ1) is 19.5. The van der Waals surface area contributed by atoms with Gasteiger partial charge in [0.2, 0.25) is 0 Å². The van der Waals surface area contributed by atoms with Gasteiger partial charge in [-0.15, -0.1) is 0 Å². The molecule has 0 spiro atoms. The molecule has 0 radical (unpaired) electrons. The van der Waals surface area contributed by atoms with E-state index < -0.39 is 23.4 Å². The molecule has 1 aliphatic rings. The summed E-state index contributed by atoms with van der Waals surface area (Å²) in [6.07, 6.45) is -0.827. The third kappa shape index (κ3) is 8.64. The summed E-state index contributed by atoms with van der Waals surface area (Å²) < 4.78 is 10.5. The molecule has 1 rings (SSSR count). The molecule has 134 valence electrons. The van der Waals surface area contributed by atoms with E-state index in [9.17, 15) is 9.59 Å². The van der Waals surface area contributed by atoms with Crippen LogP contribution in [0.3, 0.4) is 0 Å². The average Bonchev–Trinajstić information content (AvgIpc) is 2.77. The summed E-state index contributed by atoms with van der Waals surface area (Å²) >= 11 is 0.